The second-order valence-electron chi connectivity index (χ2n) is 3.11. The number of aromatic amines is 2. The highest BCUT2D eigenvalue weighted by molar-refractivity contribution is 5.76. The minimum absolute atomic E-state index is 0.217. The average molecular weight is 201 g/mol. The number of rotatable bonds is 1. The molecule has 0 radical (unpaired) electrons. The molecule has 15 heavy (non-hydrogen) atoms. The van der Waals surface area contributed by atoms with Crippen LogP contribution in [0, 0.1) is 0 Å². The Balaban J connectivity index is 2.44. The van der Waals surface area contributed by atoms with Gasteiger partial charge in [0, 0.05) is 0 Å². The van der Waals surface area contributed by atoms with Gasteiger partial charge in [0.25, 0.3) is 0 Å². The molecule has 0 saturated carbocycles. The molecule has 0 fully saturated rings. The van der Waals surface area contributed by atoms with E-state index in [2.05, 4.69) is 20.4 Å². The van der Waals surface area contributed by atoms with Gasteiger partial charge in [0.2, 0.25) is 0 Å². The molecule has 0 saturated heterocycles. The van der Waals surface area contributed by atoms with Crippen LogP contribution in [0.2, 0.25) is 0 Å². The molecule has 0 aliphatic carbocycles. The topological polar surface area (TPSA) is 79.4 Å². The summed E-state index contributed by atoms with van der Waals surface area (Å²) in [6.07, 6.45) is 1.50. The highest BCUT2D eigenvalue weighted by Gasteiger charge is 2.09. The molecule has 0 bridgehead atoms. The molecular weight excluding hydrogens is 194 g/mol. The van der Waals surface area contributed by atoms with E-state index >= 15 is 0 Å². The number of benzene rings is 1. The van der Waals surface area contributed by atoms with E-state index in [4.69, 9.17) is 0 Å². The van der Waals surface area contributed by atoms with Crippen molar-refractivity contribution in [3.8, 4) is 5.82 Å². The molecular formula is C9H7N5O. The first-order chi connectivity index (χ1) is 7.36. The highest BCUT2D eigenvalue weighted by Crippen LogP contribution is 2.11. The van der Waals surface area contributed by atoms with Gasteiger partial charge >= 0.3 is 5.69 Å². The van der Waals surface area contributed by atoms with Crippen molar-refractivity contribution in [2.45, 2.75) is 0 Å². The molecule has 0 atom stereocenters. The van der Waals surface area contributed by atoms with E-state index in [0.717, 1.165) is 11.0 Å². The number of hydrogen-bond acceptors (Lipinski definition) is 3. The van der Waals surface area contributed by atoms with Crippen molar-refractivity contribution in [3.05, 3.63) is 40.9 Å². The van der Waals surface area contributed by atoms with Gasteiger partial charge in [-0.3, -0.25) is 0 Å². The zero-order valence-electron chi connectivity index (χ0n) is 7.64. The van der Waals surface area contributed by atoms with Crippen LogP contribution >= 0.6 is 0 Å². The van der Waals surface area contributed by atoms with Crippen molar-refractivity contribution in [2.24, 2.45) is 0 Å². The molecule has 0 amide bonds. The summed E-state index contributed by atoms with van der Waals surface area (Å²) >= 11 is 0. The predicted molar refractivity (Wildman–Crippen MR) is 53.8 cm³/mol. The molecule has 1 aromatic carbocycles. The molecule has 2 aromatic heterocycles. The Labute approximate surface area is 83.6 Å². The quantitative estimate of drug-likeness (QED) is 0.599. The van der Waals surface area contributed by atoms with Crippen molar-refractivity contribution < 1.29 is 0 Å². The third-order valence-corrected chi connectivity index (χ3v) is 2.22. The number of hydrogen-bond donors (Lipinski definition) is 2. The lowest BCUT2D eigenvalue weighted by atomic mass is 10.3. The van der Waals surface area contributed by atoms with Crippen LogP contribution in [0.5, 0.6) is 0 Å². The van der Waals surface area contributed by atoms with E-state index in [0.29, 0.717) is 5.82 Å². The van der Waals surface area contributed by atoms with Gasteiger partial charge in [0.05, 0.1) is 17.2 Å². The number of para-hydroxylation sites is 2. The van der Waals surface area contributed by atoms with Crippen LogP contribution in [0.25, 0.3) is 16.9 Å². The van der Waals surface area contributed by atoms with Gasteiger partial charge in [-0.05, 0) is 12.1 Å². The number of nitrogens with one attached hydrogen (secondary N) is 2. The zero-order chi connectivity index (χ0) is 10.3. The monoisotopic (exact) mass is 201 g/mol. The smallest absolute Gasteiger partial charge is 0.305 e. The molecule has 3 rings (SSSR count). The van der Waals surface area contributed by atoms with Crippen molar-refractivity contribution in [2.75, 3.05) is 0 Å². The summed E-state index contributed by atoms with van der Waals surface area (Å²) in [5.41, 5.74) is 1.35. The molecule has 74 valence electrons. The van der Waals surface area contributed by atoms with Gasteiger partial charge < -0.3 is 4.98 Å². The van der Waals surface area contributed by atoms with Crippen LogP contribution < -0.4 is 5.69 Å². The van der Waals surface area contributed by atoms with Gasteiger partial charge in [-0.25, -0.2) is 9.36 Å². The lowest BCUT2D eigenvalue weighted by Crippen LogP contribution is -2.14. The van der Waals surface area contributed by atoms with E-state index in [9.17, 15) is 4.79 Å². The normalized spacial score (nSPS) is 10.9. The number of H-pyrrole nitrogens is 2. The predicted octanol–water partition coefficient (Wildman–Crippen LogP) is 0.437. The zero-order valence-corrected chi connectivity index (χ0v) is 7.64. The molecule has 6 nitrogen and oxygen atoms in total. The fourth-order valence-corrected chi connectivity index (χ4v) is 1.59. The van der Waals surface area contributed by atoms with Crippen LogP contribution in [0.4, 0.5) is 0 Å². The van der Waals surface area contributed by atoms with Crippen LogP contribution in [-0.2, 0) is 0 Å². The average Bonchev–Trinajstić information content (AvgIpc) is 2.82. The van der Waals surface area contributed by atoms with Crippen LogP contribution in [-0.4, -0.2) is 25.0 Å². The maximum absolute atomic E-state index is 11.7. The Bertz CT molecular complexity index is 649. The Morgan fingerprint density at radius 2 is 2.13 bits per heavy atom. The molecule has 0 spiro atoms. The standard InChI is InChI=1S/C9H7N5O/c15-9-11-6-3-1-2-4-7(6)14(9)8-5-10-13-12-8/h1-5H,(H,11,15)(H,10,12,13). The van der Waals surface area contributed by atoms with Crippen LogP contribution in [0.1, 0.15) is 0 Å². The van der Waals surface area contributed by atoms with Crippen molar-refractivity contribution in [1.29, 1.82) is 0 Å². The summed E-state index contributed by atoms with van der Waals surface area (Å²) in [4.78, 5) is 14.4. The Morgan fingerprint density at radius 1 is 1.27 bits per heavy atom. The minimum atomic E-state index is -0.217. The van der Waals surface area contributed by atoms with Crippen molar-refractivity contribution in [1.82, 2.24) is 25.0 Å². The van der Waals surface area contributed by atoms with Crippen LogP contribution in [0.15, 0.2) is 35.3 Å². The molecule has 6 heteroatoms. The molecule has 0 unspecified atom stereocenters. The van der Waals surface area contributed by atoms with Crippen LogP contribution in [0.3, 0.4) is 0 Å². The van der Waals surface area contributed by atoms with Gasteiger partial charge in [0.15, 0.2) is 5.82 Å². The second kappa shape index (κ2) is 2.81. The molecule has 3 aromatic rings. The third kappa shape index (κ3) is 1.08. The molecule has 2 heterocycles. The first-order valence-electron chi connectivity index (χ1n) is 4.42. The minimum Gasteiger partial charge on any atom is -0.305 e. The lowest BCUT2D eigenvalue weighted by Gasteiger charge is -1.95. The summed E-state index contributed by atoms with van der Waals surface area (Å²) in [6, 6.07) is 7.42. The lowest BCUT2D eigenvalue weighted by molar-refractivity contribution is 0.899. The maximum Gasteiger partial charge on any atom is 0.332 e. The van der Waals surface area contributed by atoms with E-state index in [1.807, 2.05) is 24.3 Å². The second-order valence-corrected chi connectivity index (χ2v) is 3.11. The van der Waals surface area contributed by atoms with Crippen molar-refractivity contribution in [3.63, 3.8) is 0 Å². The number of nitrogens with zero attached hydrogens (tertiary/aromatic N) is 3. The molecule has 2 N–H and O–H groups in total. The number of aromatic nitrogens is 5. The van der Waals surface area contributed by atoms with Gasteiger partial charge in [0.1, 0.15) is 0 Å². The molecule has 0 aliphatic heterocycles. The summed E-state index contributed by atoms with van der Waals surface area (Å²) in [7, 11) is 0. The maximum atomic E-state index is 11.7. The molecule has 0 aliphatic rings. The third-order valence-electron chi connectivity index (χ3n) is 2.22. The highest BCUT2D eigenvalue weighted by atomic mass is 16.1. The largest absolute Gasteiger partial charge is 0.332 e. The Kier molecular flexibility index (Phi) is 1.49. The van der Waals surface area contributed by atoms with Gasteiger partial charge in [-0.2, -0.15) is 10.3 Å². The number of fused-ring (bicyclic) bond motifs is 1. The van der Waals surface area contributed by atoms with Gasteiger partial charge in [-0.1, -0.05) is 12.1 Å². The summed E-state index contributed by atoms with van der Waals surface area (Å²) in [5.74, 6) is 0.484. The fraction of sp³-hybridized carbons (Fsp3) is 0. The number of imidazole rings is 1. The summed E-state index contributed by atoms with van der Waals surface area (Å²) in [6.45, 7) is 0. The SMILES string of the molecule is O=c1[nH]c2ccccc2n1-c1cn[nH]n1. The van der Waals surface area contributed by atoms with Crippen molar-refractivity contribution >= 4 is 11.0 Å². The van der Waals surface area contributed by atoms with E-state index < -0.39 is 0 Å². The fourth-order valence-electron chi connectivity index (χ4n) is 1.59. The van der Waals surface area contributed by atoms with Gasteiger partial charge in [-0.15, -0.1) is 5.10 Å². The van der Waals surface area contributed by atoms with E-state index in [-0.39, 0.29) is 5.69 Å². The first kappa shape index (κ1) is 7.98. The van der Waals surface area contributed by atoms with E-state index in [1.54, 1.807) is 0 Å². The summed E-state index contributed by atoms with van der Waals surface area (Å²) < 4.78 is 1.47. The Hall–Kier alpha value is -2.37. The summed E-state index contributed by atoms with van der Waals surface area (Å²) in [5, 5.41) is 10.0. The first-order valence-corrected chi connectivity index (χ1v) is 4.42. The van der Waals surface area contributed by atoms with E-state index in [1.165, 1.54) is 10.8 Å². The Morgan fingerprint density at radius 3 is 2.93 bits per heavy atom.